The van der Waals surface area contributed by atoms with E-state index in [4.69, 9.17) is 9.47 Å². The van der Waals surface area contributed by atoms with Crippen LogP contribution in [0.4, 0.5) is 18.9 Å². The van der Waals surface area contributed by atoms with E-state index in [1.807, 2.05) is 6.92 Å². The molecular formula is C20H20F3NO3S. The molecule has 0 spiro atoms. The van der Waals surface area contributed by atoms with Crippen molar-refractivity contribution in [1.29, 1.82) is 0 Å². The summed E-state index contributed by atoms with van der Waals surface area (Å²) in [7, 11) is 2.94. The number of anilines is 1. The second kappa shape index (κ2) is 7.95. The summed E-state index contributed by atoms with van der Waals surface area (Å²) in [6, 6.07) is 8.29. The van der Waals surface area contributed by atoms with E-state index in [1.54, 1.807) is 18.2 Å². The SMILES string of the molecule is COc1cc(OC)cc(C(=O)N2CCC(C)Sc3ccc(C(F)(F)F)cc32)c1. The van der Waals surface area contributed by atoms with Crippen molar-refractivity contribution in [2.75, 3.05) is 25.7 Å². The molecule has 0 aliphatic carbocycles. The van der Waals surface area contributed by atoms with Crippen molar-refractivity contribution >= 4 is 23.4 Å². The van der Waals surface area contributed by atoms with E-state index in [2.05, 4.69) is 0 Å². The summed E-state index contributed by atoms with van der Waals surface area (Å²) in [6.45, 7) is 2.31. The molecule has 1 atom stereocenters. The van der Waals surface area contributed by atoms with E-state index in [9.17, 15) is 18.0 Å². The van der Waals surface area contributed by atoms with Gasteiger partial charge in [-0.25, -0.2) is 0 Å². The van der Waals surface area contributed by atoms with Gasteiger partial charge in [-0.3, -0.25) is 4.79 Å². The van der Waals surface area contributed by atoms with Crippen LogP contribution >= 0.6 is 11.8 Å². The number of thioether (sulfide) groups is 1. The molecule has 0 saturated carbocycles. The van der Waals surface area contributed by atoms with Gasteiger partial charge in [0, 0.05) is 28.3 Å². The number of hydrogen-bond acceptors (Lipinski definition) is 4. The van der Waals surface area contributed by atoms with Crippen LogP contribution in [0.2, 0.25) is 0 Å². The predicted molar refractivity (Wildman–Crippen MR) is 103 cm³/mol. The fourth-order valence-corrected chi connectivity index (χ4v) is 4.10. The summed E-state index contributed by atoms with van der Waals surface area (Å²) < 4.78 is 50.1. The summed E-state index contributed by atoms with van der Waals surface area (Å²) in [4.78, 5) is 15.3. The minimum Gasteiger partial charge on any atom is -0.497 e. The molecule has 28 heavy (non-hydrogen) atoms. The van der Waals surface area contributed by atoms with Crippen molar-refractivity contribution in [2.45, 2.75) is 29.7 Å². The quantitative estimate of drug-likeness (QED) is 0.691. The molecule has 1 aliphatic rings. The number of nitrogens with zero attached hydrogens (tertiary/aromatic N) is 1. The lowest BCUT2D eigenvalue weighted by Gasteiger charge is -2.24. The molecular weight excluding hydrogens is 391 g/mol. The van der Waals surface area contributed by atoms with E-state index in [0.29, 0.717) is 34.9 Å². The predicted octanol–water partition coefficient (Wildman–Crippen LogP) is 5.25. The Bertz CT molecular complexity index is 863. The molecule has 0 radical (unpaired) electrons. The van der Waals surface area contributed by atoms with Crippen LogP contribution in [0.25, 0.3) is 0 Å². The van der Waals surface area contributed by atoms with Crippen LogP contribution in [0, 0.1) is 0 Å². The highest BCUT2D eigenvalue weighted by Gasteiger charge is 2.33. The van der Waals surface area contributed by atoms with E-state index in [1.165, 1.54) is 36.9 Å². The minimum atomic E-state index is -4.48. The van der Waals surface area contributed by atoms with Crippen molar-refractivity contribution in [3.63, 3.8) is 0 Å². The Labute approximate surface area is 165 Å². The molecule has 0 saturated heterocycles. The first-order valence-corrected chi connectivity index (χ1v) is 9.53. The Morgan fingerprint density at radius 2 is 1.75 bits per heavy atom. The molecule has 1 aliphatic heterocycles. The van der Waals surface area contributed by atoms with Crippen LogP contribution in [0.5, 0.6) is 11.5 Å². The van der Waals surface area contributed by atoms with Crippen LogP contribution in [0.1, 0.15) is 29.3 Å². The van der Waals surface area contributed by atoms with Gasteiger partial charge >= 0.3 is 6.18 Å². The van der Waals surface area contributed by atoms with Crippen molar-refractivity contribution in [1.82, 2.24) is 0 Å². The highest BCUT2D eigenvalue weighted by Crippen LogP contribution is 2.42. The van der Waals surface area contributed by atoms with Gasteiger partial charge in [-0.1, -0.05) is 6.92 Å². The van der Waals surface area contributed by atoms with E-state index >= 15 is 0 Å². The molecule has 150 valence electrons. The highest BCUT2D eigenvalue weighted by molar-refractivity contribution is 8.00. The smallest absolute Gasteiger partial charge is 0.416 e. The molecule has 0 bridgehead atoms. The lowest BCUT2D eigenvalue weighted by Crippen LogP contribution is -2.32. The van der Waals surface area contributed by atoms with Gasteiger partial charge in [0.1, 0.15) is 11.5 Å². The highest BCUT2D eigenvalue weighted by atomic mass is 32.2. The van der Waals surface area contributed by atoms with Crippen molar-refractivity contribution in [2.24, 2.45) is 0 Å². The zero-order valence-corrected chi connectivity index (χ0v) is 16.5. The largest absolute Gasteiger partial charge is 0.497 e. The first-order valence-electron chi connectivity index (χ1n) is 8.65. The number of amides is 1. The molecule has 8 heteroatoms. The number of halogens is 3. The van der Waals surface area contributed by atoms with E-state index < -0.39 is 17.6 Å². The molecule has 1 amide bonds. The molecule has 4 nitrogen and oxygen atoms in total. The summed E-state index contributed by atoms with van der Waals surface area (Å²) >= 11 is 1.47. The zero-order valence-electron chi connectivity index (χ0n) is 15.7. The molecule has 0 aromatic heterocycles. The Kier molecular flexibility index (Phi) is 5.79. The van der Waals surface area contributed by atoms with Gasteiger partial charge in [0.15, 0.2) is 0 Å². The van der Waals surface area contributed by atoms with Crippen LogP contribution in [-0.4, -0.2) is 31.9 Å². The number of carbonyl (C=O) groups excluding carboxylic acids is 1. The lowest BCUT2D eigenvalue weighted by atomic mass is 10.1. The summed E-state index contributed by atoms with van der Waals surface area (Å²) in [5, 5.41) is 0.174. The third-order valence-corrected chi connectivity index (χ3v) is 5.75. The maximum Gasteiger partial charge on any atom is 0.416 e. The normalized spacial score (nSPS) is 16.9. The average Bonchev–Trinajstić information content (AvgIpc) is 2.83. The maximum atomic E-state index is 13.2. The van der Waals surface area contributed by atoms with Crippen molar-refractivity contribution in [3.05, 3.63) is 47.5 Å². The lowest BCUT2D eigenvalue weighted by molar-refractivity contribution is -0.137. The third kappa shape index (κ3) is 4.22. The molecule has 2 aromatic carbocycles. The van der Waals surface area contributed by atoms with Crippen LogP contribution < -0.4 is 14.4 Å². The Balaban J connectivity index is 2.08. The van der Waals surface area contributed by atoms with Crippen LogP contribution in [-0.2, 0) is 6.18 Å². The van der Waals surface area contributed by atoms with Gasteiger partial charge in [0.05, 0.1) is 25.5 Å². The van der Waals surface area contributed by atoms with Gasteiger partial charge < -0.3 is 14.4 Å². The summed E-state index contributed by atoms with van der Waals surface area (Å²) in [5.74, 6) is 0.474. The molecule has 1 unspecified atom stereocenters. The first kappa shape index (κ1) is 20.4. The second-order valence-electron chi connectivity index (χ2n) is 6.46. The molecule has 1 heterocycles. The summed E-state index contributed by atoms with van der Waals surface area (Å²) in [6.07, 6.45) is -3.82. The summed E-state index contributed by atoms with van der Waals surface area (Å²) in [5.41, 5.74) is -0.211. The third-order valence-electron chi connectivity index (χ3n) is 4.51. The Morgan fingerprint density at radius 3 is 2.32 bits per heavy atom. The number of alkyl halides is 3. The fourth-order valence-electron chi connectivity index (χ4n) is 3.01. The van der Waals surface area contributed by atoms with Crippen LogP contribution in [0.3, 0.4) is 0 Å². The molecule has 2 aromatic rings. The standard InChI is InChI=1S/C20H20F3NO3S/c1-12-6-7-24(17-10-14(20(21,22)23)4-5-18(17)28-12)19(25)13-8-15(26-2)11-16(9-13)27-3/h4-5,8-12H,6-7H2,1-3H3. The number of methoxy groups -OCH3 is 2. The van der Waals surface area contributed by atoms with Gasteiger partial charge in [-0.05, 0) is 36.8 Å². The number of ether oxygens (including phenoxy) is 2. The molecule has 3 rings (SSSR count). The average molecular weight is 411 g/mol. The monoisotopic (exact) mass is 411 g/mol. The topological polar surface area (TPSA) is 38.8 Å². The van der Waals surface area contributed by atoms with Gasteiger partial charge in [-0.15, -0.1) is 11.8 Å². The van der Waals surface area contributed by atoms with E-state index in [0.717, 1.165) is 12.1 Å². The number of carbonyl (C=O) groups is 1. The first-order chi connectivity index (χ1) is 13.2. The second-order valence-corrected chi connectivity index (χ2v) is 7.94. The van der Waals surface area contributed by atoms with Crippen molar-refractivity contribution < 1.29 is 27.4 Å². The van der Waals surface area contributed by atoms with Gasteiger partial charge in [-0.2, -0.15) is 13.2 Å². The van der Waals surface area contributed by atoms with Gasteiger partial charge in [0.25, 0.3) is 5.91 Å². The maximum absolute atomic E-state index is 13.2. The zero-order chi connectivity index (χ0) is 20.5. The minimum absolute atomic E-state index is 0.174. The molecule has 0 fully saturated rings. The van der Waals surface area contributed by atoms with E-state index in [-0.39, 0.29) is 10.9 Å². The van der Waals surface area contributed by atoms with Crippen molar-refractivity contribution in [3.8, 4) is 11.5 Å². The number of hydrogen-bond donors (Lipinski definition) is 0. The number of rotatable bonds is 3. The van der Waals surface area contributed by atoms with Gasteiger partial charge in [0.2, 0.25) is 0 Å². The fraction of sp³-hybridized carbons (Fsp3) is 0.350. The Hall–Kier alpha value is -2.35. The number of fused-ring (bicyclic) bond motifs is 1. The Morgan fingerprint density at radius 1 is 1.11 bits per heavy atom. The van der Waals surface area contributed by atoms with Crippen LogP contribution in [0.15, 0.2) is 41.3 Å². The number of benzene rings is 2. The molecule has 0 N–H and O–H groups in total.